The standard InChI is InChI=1S/C24H23BrClN3O3/c1-14-3-5-17(20(26)11-14)23(31)28(2)16-7-9-29(10-8-16)24(32)22(30)19-13-27-21-6-4-15(25)12-18(19)21/h3-6,11-13,16,27H,7-10H2,1-2H3. The first-order valence-electron chi connectivity index (χ1n) is 10.4. The fourth-order valence-electron chi connectivity index (χ4n) is 4.15. The molecule has 1 aliphatic heterocycles. The smallest absolute Gasteiger partial charge is 0.295 e. The minimum atomic E-state index is -0.524. The van der Waals surface area contributed by atoms with Crippen LogP contribution >= 0.6 is 27.5 Å². The maximum absolute atomic E-state index is 12.9. The number of hydrogen-bond acceptors (Lipinski definition) is 3. The number of nitrogens with one attached hydrogen (secondary N) is 1. The van der Waals surface area contributed by atoms with Crippen molar-refractivity contribution in [3.63, 3.8) is 0 Å². The number of ketones is 1. The molecule has 0 atom stereocenters. The van der Waals surface area contributed by atoms with Crippen molar-refractivity contribution < 1.29 is 14.4 Å². The Morgan fingerprint density at radius 1 is 1.09 bits per heavy atom. The lowest BCUT2D eigenvalue weighted by Crippen LogP contribution is -2.48. The molecule has 2 heterocycles. The summed E-state index contributed by atoms with van der Waals surface area (Å²) in [5.74, 6) is -1.18. The molecule has 0 aliphatic carbocycles. The average Bonchev–Trinajstić information content (AvgIpc) is 3.20. The Kier molecular flexibility index (Phi) is 6.40. The molecule has 0 saturated carbocycles. The Labute approximate surface area is 199 Å². The molecule has 1 aliphatic rings. The Balaban J connectivity index is 1.41. The van der Waals surface area contributed by atoms with E-state index in [1.807, 2.05) is 31.2 Å². The van der Waals surface area contributed by atoms with Crippen LogP contribution in [0.1, 0.15) is 39.1 Å². The van der Waals surface area contributed by atoms with Crippen molar-refractivity contribution in [2.45, 2.75) is 25.8 Å². The van der Waals surface area contributed by atoms with Gasteiger partial charge in [-0.1, -0.05) is 33.6 Å². The van der Waals surface area contributed by atoms with Gasteiger partial charge in [-0.25, -0.2) is 0 Å². The number of nitrogens with zero attached hydrogens (tertiary/aromatic N) is 2. The first-order chi connectivity index (χ1) is 15.3. The third-order valence-corrected chi connectivity index (χ3v) is 6.86. The molecule has 0 radical (unpaired) electrons. The van der Waals surface area contributed by atoms with E-state index in [1.54, 1.807) is 35.2 Å². The lowest BCUT2D eigenvalue weighted by molar-refractivity contribution is -0.127. The summed E-state index contributed by atoms with van der Waals surface area (Å²) >= 11 is 9.67. The third kappa shape index (κ3) is 4.32. The largest absolute Gasteiger partial charge is 0.360 e. The molecule has 6 nitrogen and oxygen atoms in total. The van der Waals surface area contributed by atoms with Crippen molar-refractivity contribution in [1.82, 2.24) is 14.8 Å². The van der Waals surface area contributed by atoms with Gasteiger partial charge in [-0.15, -0.1) is 0 Å². The van der Waals surface area contributed by atoms with Crippen molar-refractivity contribution in [3.8, 4) is 0 Å². The van der Waals surface area contributed by atoms with Gasteiger partial charge in [-0.05, 0) is 55.7 Å². The summed E-state index contributed by atoms with van der Waals surface area (Å²) < 4.78 is 0.841. The summed E-state index contributed by atoms with van der Waals surface area (Å²) in [6, 6.07) is 10.9. The topological polar surface area (TPSA) is 73.5 Å². The Morgan fingerprint density at radius 3 is 2.50 bits per heavy atom. The number of carbonyl (C=O) groups excluding carboxylic acids is 3. The zero-order chi connectivity index (χ0) is 23.0. The van der Waals surface area contributed by atoms with Crippen LogP contribution in [-0.2, 0) is 4.79 Å². The number of aromatic amines is 1. The van der Waals surface area contributed by atoms with Gasteiger partial charge >= 0.3 is 0 Å². The highest BCUT2D eigenvalue weighted by molar-refractivity contribution is 9.10. The van der Waals surface area contributed by atoms with E-state index >= 15 is 0 Å². The van der Waals surface area contributed by atoms with Gasteiger partial charge < -0.3 is 14.8 Å². The number of aromatic nitrogens is 1. The molecule has 8 heteroatoms. The normalized spacial score (nSPS) is 14.6. The van der Waals surface area contributed by atoms with Gasteiger partial charge in [0.05, 0.1) is 16.1 Å². The fraction of sp³-hybridized carbons (Fsp3) is 0.292. The molecule has 1 fully saturated rings. The predicted octanol–water partition coefficient (Wildman–Crippen LogP) is 4.84. The molecule has 166 valence electrons. The number of amides is 2. The molecule has 3 aromatic rings. The minimum Gasteiger partial charge on any atom is -0.360 e. The molecule has 2 amide bonds. The van der Waals surface area contributed by atoms with Crippen LogP contribution in [0.15, 0.2) is 47.1 Å². The molecule has 32 heavy (non-hydrogen) atoms. The average molecular weight is 517 g/mol. The summed E-state index contributed by atoms with van der Waals surface area (Å²) in [6.07, 6.45) is 2.79. The van der Waals surface area contributed by atoms with Crippen molar-refractivity contribution in [1.29, 1.82) is 0 Å². The van der Waals surface area contributed by atoms with Crippen molar-refractivity contribution in [2.24, 2.45) is 0 Å². The lowest BCUT2D eigenvalue weighted by atomic mass is 10.0. The number of hydrogen-bond donors (Lipinski definition) is 1. The van der Waals surface area contributed by atoms with Crippen molar-refractivity contribution >= 4 is 56.0 Å². The molecule has 1 N–H and O–H groups in total. The first kappa shape index (κ1) is 22.6. The molecular weight excluding hydrogens is 494 g/mol. The highest BCUT2D eigenvalue weighted by atomic mass is 79.9. The number of carbonyl (C=O) groups is 3. The maximum atomic E-state index is 12.9. The number of halogens is 2. The van der Waals surface area contributed by atoms with E-state index in [1.165, 1.54) is 0 Å². The Morgan fingerprint density at radius 2 is 1.81 bits per heavy atom. The van der Waals surface area contributed by atoms with Gasteiger partial charge in [-0.3, -0.25) is 14.4 Å². The molecule has 0 spiro atoms. The van der Waals surface area contributed by atoms with E-state index in [0.29, 0.717) is 47.5 Å². The highest BCUT2D eigenvalue weighted by Crippen LogP contribution is 2.25. The van der Waals surface area contributed by atoms with Crippen LogP contribution < -0.4 is 0 Å². The summed E-state index contributed by atoms with van der Waals surface area (Å²) in [5.41, 5.74) is 2.64. The van der Waals surface area contributed by atoms with Gasteiger partial charge in [0.1, 0.15) is 0 Å². The van der Waals surface area contributed by atoms with E-state index in [9.17, 15) is 14.4 Å². The molecule has 1 saturated heterocycles. The van der Waals surface area contributed by atoms with Crippen molar-refractivity contribution in [3.05, 3.63) is 68.8 Å². The van der Waals surface area contributed by atoms with Gasteiger partial charge in [0.2, 0.25) is 0 Å². The summed E-state index contributed by atoms with van der Waals surface area (Å²) in [6.45, 7) is 2.76. The second kappa shape index (κ2) is 9.08. The number of benzene rings is 2. The zero-order valence-corrected chi connectivity index (χ0v) is 20.2. The monoisotopic (exact) mass is 515 g/mol. The molecule has 4 rings (SSSR count). The van der Waals surface area contributed by atoms with Crippen LogP contribution in [0.5, 0.6) is 0 Å². The predicted molar refractivity (Wildman–Crippen MR) is 128 cm³/mol. The Hall–Kier alpha value is -2.64. The van der Waals surface area contributed by atoms with Crippen LogP contribution in [0, 0.1) is 6.92 Å². The number of aryl methyl sites for hydroxylation is 1. The van der Waals surface area contributed by atoms with E-state index in [2.05, 4.69) is 20.9 Å². The molecule has 2 aromatic carbocycles. The van der Waals surface area contributed by atoms with Crippen LogP contribution in [0.25, 0.3) is 10.9 Å². The first-order valence-corrected chi connectivity index (χ1v) is 11.6. The number of Topliss-reactive ketones (excluding diaryl/α,β-unsaturated/α-hetero) is 1. The lowest BCUT2D eigenvalue weighted by Gasteiger charge is -2.36. The summed E-state index contributed by atoms with van der Waals surface area (Å²) in [5, 5.41) is 1.15. The van der Waals surface area contributed by atoms with Crippen LogP contribution in [0.4, 0.5) is 0 Å². The van der Waals surface area contributed by atoms with E-state index in [0.717, 1.165) is 15.6 Å². The molecule has 0 unspecified atom stereocenters. The summed E-state index contributed by atoms with van der Waals surface area (Å²) in [4.78, 5) is 45.0. The molecule has 0 bridgehead atoms. The van der Waals surface area contributed by atoms with Gasteiger partial charge in [-0.2, -0.15) is 0 Å². The number of likely N-dealkylation sites (tertiary alicyclic amines) is 1. The molecular formula is C24H23BrClN3O3. The second-order valence-electron chi connectivity index (χ2n) is 8.14. The van der Waals surface area contributed by atoms with Crippen LogP contribution in [-0.4, -0.2) is 58.6 Å². The van der Waals surface area contributed by atoms with E-state index in [-0.39, 0.29) is 11.9 Å². The van der Waals surface area contributed by atoms with Crippen LogP contribution in [0.3, 0.4) is 0 Å². The SMILES string of the molecule is Cc1ccc(C(=O)N(C)C2CCN(C(=O)C(=O)c3c[nH]c4ccc(Br)cc34)CC2)c(Cl)c1. The van der Waals surface area contributed by atoms with Crippen molar-refractivity contribution in [2.75, 3.05) is 20.1 Å². The third-order valence-electron chi connectivity index (χ3n) is 6.06. The fourth-order valence-corrected chi connectivity index (χ4v) is 4.82. The number of piperidine rings is 1. The zero-order valence-electron chi connectivity index (χ0n) is 17.8. The van der Waals surface area contributed by atoms with Gasteiger partial charge in [0.15, 0.2) is 0 Å². The number of fused-ring (bicyclic) bond motifs is 1. The maximum Gasteiger partial charge on any atom is 0.295 e. The van der Waals surface area contributed by atoms with E-state index < -0.39 is 11.7 Å². The quantitative estimate of drug-likeness (QED) is 0.398. The van der Waals surface area contributed by atoms with Crippen LogP contribution in [0.2, 0.25) is 5.02 Å². The summed E-state index contributed by atoms with van der Waals surface area (Å²) in [7, 11) is 1.76. The van der Waals surface area contributed by atoms with E-state index in [4.69, 9.17) is 11.6 Å². The highest BCUT2D eigenvalue weighted by Gasteiger charge is 2.32. The van der Waals surface area contributed by atoms with Gasteiger partial charge in [0, 0.05) is 47.8 Å². The second-order valence-corrected chi connectivity index (χ2v) is 9.47. The number of rotatable bonds is 4. The number of H-pyrrole nitrogens is 1. The van der Waals surface area contributed by atoms with Gasteiger partial charge in [0.25, 0.3) is 17.6 Å². The Bertz CT molecular complexity index is 1210. The minimum absolute atomic E-state index is 0.0249. The molecule has 1 aromatic heterocycles.